The average Bonchev–Trinajstić information content (AvgIpc) is 2.38. The summed E-state index contributed by atoms with van der Waals surface area (Å²) in [7, 11) is -3.52. The van der Waals surface area contributed by atoms with Crippen LogP contribution < -0.4 is 9.62 Å². The fourth-order valence-electron chi connectivity index (χ4n) is 1.77. The van der Waals surface area contributed by atoms with Crippen LogP contribution in [-0.4, -0.2) is 33.7 Å². The highest BCUT2D eigenvalue weighted by atomic mass is 79.9. The number of carbonyl (C=O) groups is 1. The quantitative estimate of drug-likeness (QED) is 0.743. The molecule has 0 fully saturated rings. The summed E-state index contributed by atoms with van der Waals surface area (Å²) in [5.41, 5.74) is 1.40. The van der Waals surface area contributed by atoms with E-state index in [2.05, 4.69) is 21.2 Å². The van der Waals surface area contributed by atoms with Crippen LogP contribution in [-0.2, 0) is 14.8 Å². The van der Waals surface area contributed by atoms with Crippen molar-refractivity contribution in [1.82, 2.24) is 5.32 Å². The van der Waals surface area contributed by atoms with Gasteiger partial charge in [-0.2, -0.15) is 0 Å². The van der Waals surface area contributed by atoms with Crippen molar-refractivity contribution in [3.63, 3.8) is 0 Å². The number of nitrogens with zero attached hydrogens (tertiary/aromatic N) is 1. The molecule has 118 valence electrons. The molecule has 0 saturated carbocycles. The van der Waals surface area contributed by atoms with Crippen molar-refractivity contribution >= 4 is 37.5 Å². The molecule has 0 aromatic heterocycles. The summed E-state index contributed by atoms with van der Waals surface area (Å²) in [4.78, 5) is 11.9. The summed E-state index contributed by atoms with van der Waals surface area (Å²) in [5, 5.41) is 2.73. The molecule has 0 spiro atoms. The van der Waals surface area contributed by atoms with Gasteiger partial charge in [0.1, 0.15) is 6.54 Å². The van der Waals surface area contributed by atoms with Gasteiger partial charge in [-0.1, -0.05) is 29.3 Å². The molecular weight excluding hydrogens is 356 g/mol. The highest BCUT2D eigenvalue weighted by Gasteiger charge is 2.21. The fraction of sp³-hybridized carbons (Fsp3) is 0.500. The second-order valence-corrected chi connectivity index (χ2v) is 7.67. The molecule has 1 aromatic rings. The number of aryl methyl sites for hydroxylation is 1. The van der Waals surface area contributed by atoms with E-state index < -0.39 is 10.0 Å². The predicted molar refractivity (Wildman–Crippen MR) is 89.0 cm³/mol. The average molecular weight is 377 g/mol. The molecule has 0 unspecified atom stereocenters. The maximum atomic E-state index is 11.9. The first-order valence-electron chi connectivity index (χ1n) is 6.76. The van der Waals surface area contributed by atoms with Crippen molar-refractivity contribution in [2.75, 3.05) is 23.7 Å². The number of anilines is 1. The molecule has 1 aromatic carbocycles. The highest BCUT2D eigenvalue weighted by molar-refractivity contribution is 9.10. The lowest BCUT2D eigenvalue weighted by Gasteiger charge is -2.22. The SMILES string of the molecule is CCCCNC(=O)CN(c1ccc(Br)c(C)c1)S(C)(=O)=O. The molecular formula is C14H21BrN2O3S. The largest absolute Gasteiger partial charge is 0.355 e. The van der Waals surface area contributed by atoms with Gasteiger partial charge in [0.05, 0.1) is 11.9 Å². The molecule has 0 radical (unpaired) electrons. The van der Waals surface area contributed by atoms with E-state index in [9.17, 15) is 13.2 Å². The normalized spacial score (nSPS) is 11.2. The zero-order valence-corrected chi connectivity index (χ0v) is 14.9. The van der Waals surface area contributed by atoms with Crippen molar-refractivity contribution < 1.29 is 13.2 Å². The van der Waals surface area contributed by atoms with E-state index in [0.29, 0.717) is 12.2 Å². The van der Waals surface area contributed by atoms with E-state index in [1.807, 2.05) is 13.8 Å². The zero-order valence-electron chi connectivity index (χ0n) is 12.5. The molecule has 1 N–H and O–H groups in total. The molecule has 1 amide bonds. The minimum atomic E-state index is -3.52. The monoisotopic (exact) mass is 376 g/mol. The van der Waals surface area contributed by atoms with E-state index in [-0.39, 0.29) is 12.5 Å². The topological polar surface area (TPSA) is 66.5 Å². The maximum Gasteiger partial charge on any atom is 0.240 e. The number of hydrogen-bond donors (Lipinski definition) is 1. The Morgan fingerprint density at radius 2 is 2.05 bits per heavy atom. The number of rotatable bonds is 7. The number of benzene rings is 1. The van der Waals surface area contributed by atoms with Crippen LogP contribution in [0.25, 0.3) is 0 Å². The second kappa shape index (κ2) is 7.79. The molecule has 0 atom stereocenters. The van der Waals surface area contributed by atoms with Gasteiger partial charge in [0, 0.05) is 11.0 Å². The zero-order chi connectivity index (χ0) is 16.0. The summed E-state index contributed by atoms with van der Waals surface area (Å²) >= 11 is 3.37. The summed E-state index contributed by atoms with van der Waals surface area (Å²) in [5.74, 6) is -0.297. The first-order chi connectivity index (χ1) is 9.75. The lowest BCUT2D eigenvalue weighted by Crippen LogP contribution is -2.40. The first-order valence-corrected chi connectivity index (χ1v) is 9.40. The van der Waals surface area contributed by atoms with Crippen LogP contribution in [0.15, 0.2) is 22.7 Å². The summed E-state index contributed by atoms with van der Waals surface area (Å²) < 4.78 is 25.9. The smallest absolute Gasteiger partial charge is 0.240 e. The second-order valence-electron chi connectivity index (χ2n) is 4.91. The van der Waals surface area contributed by atoms with Gasteiger partial charge in [0.2, 0.25) is 15.9 Å². The van der Waals surface area contributed by atoms with Gasteiger partial charge < -0.3 is 5.32 Å². The standard InChI is InChI=1S/C14H21BrN2O3S/c1-4-5-8-16-14(18)10-17(21(3,19)20)12-6-7-13(15)11(2)9-12/h6-7,9H,4-5,8,10H2,1-3H3,(H,16,18). The molecule has 0 aliphatic heterocycles. The number of nitrogens with one attached hydrogen (secondary N) is 1. The van der Waals surface area contributed by atoms with Gasteiger partial charge >= 0.3 is 0 Å². The van der Waals surface area contributed by atoms with E-state index in [1.54, 1.807) is 18.2 Å². The third kappa shape index (κ3) is 5.67. The first kappa shape index (κ1) is 18.0. The van der Waals surface area contributed by atoms with Crippen LogP contribution in [0, 0.1) is 6.92 Å². The van der Waals surface area contributed by atoms with Gasteiger partial charge in [-0.3, -0.25) is 9.10 Å². The van der Waals surface area contributed by atoms with Gasteiger partial charge in [0.15, 0.2) is 0 Å². The third-order valence-corrected chi connectivity index (χ3v) is 5.00. The van der Waals surface area contributed by atoms with Crippen LogP contribution in [0.3, 0.4) is 0 Å². The van der Waals surface area contributed by atoms with E-state index in [1.165, 1.54) is 0 Å². The van der Waals surface area contributed by atoms with Crippen molar-refractivity contribution in [2.24, 2.45) is 0 Å². The Hall–Kier alpha value is -1.08. The van der Waals surface area contributed by atoms with Crippen molar-refractivity contribution in [3.8, 4) is 0 Å². The van der Waals surface area contributed by atoms with Crippen LogP contribution in [0.5, 0.6) is 0 Å². The van der Waals surface area contributed by atoms with Crippen LogP contribution in [0.1, 0.15) is 25.3 Å². The molecule has 1 rings (SSSR count). The summed E-state index contributed by atoms with van der Waals surface area (Å²) in [6.07, 6.45) is 2.95. The minimum absolute atomic E-state index is 0.205. The van der Waals surface area contributed by atoms with Gasteiger partial charge in [-0.05, 0) is 37.1 Å². The lowest BCUT2D eigenvalue weighted by atomic mass is 10.2. The minimum Gasteiger partial charge on any atom is -0.355 e. The Bertz CT molecular complexity index is 602. The number of carbonyl (C=O) groups excluding carboxylic acids is 1. The van der Waals surface area contributed by atoms with Crippen LogP contribution >= 0.6 is 15.9 Å². The molecule has 0 aliphatic carbocycles. The highest BCUT2D eigenvalue weighted by Crippen LogP contribution is 2.24. The van der Waals surface area contributed by atoms with Gasteiger partial charge in [-0.25, -0.2) is 8.42 Å². The molecule has 7 heteroatoms. The third-order valence-electron chi connectivity index (χ3n) is 2.97. The Kier molecular flexibility index (Phi) is 6.67. The molecule has 0 aliphatic rings. The van der Waals surface area contributed by atoms with Crippen molar-refractivity contribution in [2.45, 2.75) is 26.7 Å². The predicted octanol–water partition coefficient (Wildman–Crippen LogP) is 2.44. The molecule has 5 nitrogen and oxygen atoms in total. The van der Waals surface area contributed by atoms with Crippen LogP contribution in [0.4, 0.5) is 5.69 Å². The Balaban J connectivity index is 2.92. The number of halogens is 1. The van der Waals surface area contributed by atoms with Crippen LogP contribution in [0.2, 0.25) is 0 Å². The van der Waals surface area contributed by atoms with Gasteiger partial charge in [0.25, 0.3) is 0 Å². The number of sulfonamides is 1. The maximum absolute atomic E-state index is 11.9. The Morgan fingerprint density at radius 3 is 2.57 bits per heavy atom. The molecule has 0 saturated heterocycles. The molecule has 0 bridgehead atoms. The van der Waals surface area contributed by atoms with E-state index in [0.717, 1.165) is 33.4 Å². The Labute approximate surface area is 134 Å². The summed E-state index contributed by atoms with van der Waals surface area (Å²) in [6.45, 7) is 4.25. The van der Waals surface area contributed by atoms with E-state index >= 15 is 0 Å². The number of hydrogen-bond acceptors (Lipinski definition) is 3. The van der Waals surface area contributed by atoms with Crippen molar-refractivity contribution in [1.29, 1.82) is 0 Å². The number of amides is 1. The fourth-order valence-corrected chi connectivity index (χ4v) is 2.87. The number of unbranched alkanes of at least 4 members (excludes halogenated alkanes) is 1. The molecule has 21 heavy (non-hydrogen) atoms. The van der Waals surface area contributed by atoms with Crippen molar-refractivity contribution in [3.05, 3.63) is 28.2 Å². The van der Waals surface area contributed by atoms with Gasteiger partial charge in [-0.15, -0.1) is 0 Å². The Morgan fingerprint density at radius 1 is 1.38 bits per heavy atom. The van der Waals surface area contributed by atoms with E-state index in [4.69, 9.17) is 0 Å². The molecule has 0 heterocycles. The summed E-state index contributed by atoms with van der Waals surface area (Å²) in [6, 6.07) is 5.19. The lowest BCUT2D eigenvalue weighted by molar-refractivity contribution is -0.119.